The maximum atomic E-state index is 3.22. The number of hydrogen-bond acceptors (Lipinski definition) is 1. The molecule has 0 saturated heterocycles. The number of hydrogen-bond donors (Lipinski definition) is 1. The van der Waals surface area contributed by atoms with E-state index in [1.807, 2.05) is 7.05 Å². The highest BCUT2D eigenvalue weighted by Crippen LogP contribution is 2.29. The maximum Gasteiger partial charge on any atom is 0.0516 e. The Balaban J connectivity index is 2.29. The van der Waals surface area contributed by atoms with Crippen molar-refractivity contribution >= 4 is 10.9 Å². The standard InChI is InChI=1S/C12H14N2/c1-13-8-11-7-10-4-2-3-9-5-6-14(11)12(9)10/h2-4,7,13H,5-6,8H2,1H3. The van der Waals surface area contributed by atoms with Gasteiger partial charge in [-0.05, 0) is 25.1 Å². The summed E-state index contributed by atoms with van der Waals surface area (Å²) in [4.78, 5) is 0. The first-order valence-corrected chi connectivity index (χ1v) is 5.15. The second kappa shape index (κ2) is 2.85. The van der Waals surface area contributed by atoms with Crippen molar-refractivity contribution in [2.24, 2.45) is 0 Å². The van der Waals surface area contributed by atoms with Crippen LogP contribution in [0.4, 0.5) is 0 Å². The summed E-state index contributed by atoms with van der Waals surface area (Å²) in [5, 5.41) is 4.62. The van der Waals surface area contributed by atoms with Gasteiger partial charge in [-0.3, -0.25) is 0 Å². The van der Waals surface area contributed by atoms with E-state index in [0.717, 1.165) is 13.1 Å². The number of aromatic nitrogens is 1. The zero-order valence-electron chi connectivity index (χ0n) is 8.38. The first-order chi connectivity index (χ1) is 6.90. The molecule has 2 aromatic rings. The van der Waals surface area contributed by atoms with Crippen molar-refractivity contribution < 1.29 is 0 Å². The van der Waals surface area contributed by atoms with Crippen LogP contribution >= 0.6 is 0 Å². The minimum atomic E-state index is 0.966. The van der Waals surface area contributed by atoms with Gasteiger partial charge in [-0.25, -0.2) is 0 Å². The molecule has 1 aliphatic rings. The topological polar surface area (TPSA) is 17.0 Å². The molecule has 0 spiro atoms. The van der Waals surface area contributed by atoms with Crippen LogP contribution in [0.5, 0.6) is 0 Å². The minimum Gasteiger partial charge on any atom is -0.343 e. The molecule has 1 aromatic carbocycles. The summed E-state index contributed by atoms with van der Waals surface area (Å²) in [7, 11) is 2.00. The molecular formula is C12H14N2. The minimum absolute atomic E-state index is 0.966. The normalized spacial score (nSPS) is 14.1. The molecule has 14 heavy (non-hydrogen) atoms. The molecule has 0 fully saturated rings. The number of benzene rings is 1. The van der Waals surface area contributed by atoms with Gasteiger partial charge >= 0.3 is 0 Å². The highest BCUT2D eigenvalue weighted by atomic mass is 15.0. The van der Waals surface area contributed by atoms with Crippen LogP contribution in [-0.2, 0) is 19.5 Å². The maximum absolute atomic E-state index is 3.22. The molecule has 72 valence electrons. The molecule has 0 aliphatic carbocycles. The third-order valence-corrected chi connectivity index (χ3v) is 3.05. The van der Waals surface area contributed by atoms with Crippen molar-refractivity contribution in [1.29, 1.82) is 0 Å². The van der Waals surface area contributed by atoms with Crippen LogP contribution in [0, 0.1) is 0 Å². The van der Waals surface area contributed by atoms with Gasteiger partial charge in [-0.2, -0.15) is 0 Å². The molecule has 0 unspecified atom stereocenters. The highest BCUT2D eigenvalue weighted by molar-refractivity contribution is 5.85. The molecule has 0 bridgehead atoms. The average molecular weight is 186 g/mol. The Kier molecular flexibility index (Phi) is 1.64. The van der Waals surface area contributed by atoms with Gasteiger partial charge in [0.05, 0.1) is 5.52 Å². The number of para-hydroxylation sites is 1. The Hall–Kier alpha value is -1.28. The third-order valence-electron chi connectivity index (χ3n) is 3.05. The second-order valence-corrected chi connectivity index (χ2v) is 3.92. The lowest BCUT2D eigenvalue weighted by molar-refractivity contribution is 0.683. The monoisotopic (exact) mass is 186 g/mol. The number of aryl methyl sites for hydroxylation is 2. The summed E-state index contributed by atoms with van der Waals surface area (Å²) in [6, 6.07) is 8.92. The molecule has 0 atom stereocenters. The zero-order chi connectivity index (χ0) is 9.54. The van der Waals surface area contributed by atoms with E-state index in [1.54, 1.807) is 0 Å². The molecule has 2 heterocycles. The van der Waals surface area contributed by atoms with Gasteiger partial charge in [0.1, 0.15) is 0 Å². The van der Waals surface area contributed by atoms with Crippen LogP contribution in [0.3, 0.4) is 0 Å². The predicted molar refractivity (Wildman–Crippen MR) is 58.4 cm³/mol. The lowest BCUT2D eigenvalue weighted by atomic mass is 10.1. The van der Waals surface area contributed by atoms with Gasteiger partial charge in [-0.1, -0.05) is 18.2 Å². The molecule has 1 N–H and O–H groups in total. The fraction of sp³-hybridized carbons (Fsp3) is 0.333. The summed E-state index contributed by atoms with van der Waals surface area (Å²) in [5.41, 5.74) is 4.37. The first-order valence-electron chi connectivity index (χ1n) is 5.15. The Morgan fingerprint density at radius 3 is 3.21 bits per heavy atom. The highest BCUT2D eigenvalue weighted by Gasteiger charge is 2.16. The molecule has 1 aromatic heterocycles. The smallest absolute Gasteiger partial charge is 0.0516 e. The Morgan fingerprint density at radius 2 is 2.36 bits per heavy atom. The van der Waals surface area contributed by atoms with E-state index in [4.69, 9.17) is 0 Å². The van der Waals surface area contributed by atoms with Gasteiger partial charge in [0, 0.05) is 24.2 Å². The SMILES string of the molecule is CNCc1cc2cccc3c2n1CC3. The van der Waals surface area contributed by atoms with E-state index in [9.17, 15) is 0 Å². The van der Waals surface area contributed by atoms with Gasteiger partial charge < -0.3 is 9.88 Å². The van der Waals surface area contributed by atoms with E-state index >= 15 is 0 Å². The van der Waals surface area contributed by atoms with Gasteiger partial charge in [0.2, 0.25) is 0 Å². The molecule has 0 amide bonds. The summed E-state index contributed by atoms with van der Waals surface area (Å²) in [5.74, 6) is 0. The fourth-order valence-electron chi connectivity index (χ4n) is 2.47. The number of nitrogens with one attached hydrogen (secondary N) is 1. The van der Waals surface area contributed by atoms with Crippen LogP contribution < -0.4 is 5.32 Å². The van der Waals surface area contributed by atoms with Gasteiger partial charge in [-0.15, -0.1) is 0 Å². The number of nitrogens with zero attached hydrogens (tertiary/aromatic N) is 1. The largest absolute Gasteiger partial charge is 0.343 e. The van der Waals surface area contributed by atoms with Crippen LogP contribution in [0.25, 0.3) is 10.9 Å². The van der Waals surface area contributed by atoms with E-state index in [1.165, 1.54) is 28.6 Å². The van der Waals surface area contributed by atoms with Crippen LogP contribution in [-0.4, -0.2) is 11.6 Å². The van der Waals surface area contributed by atoms with Gasteiger partial charge in [0.25, 0.3) is 0 Å². The zero-order valence-corrected chi connectivity index (χ0v) is 8.38. The lowest BCUT2D eigenvalue weighted by Gasteiger charge is -2.03. The van der Waals surface area contributed by atoms with Crippen molar-refractivity contribution in [3.8, 4) is 0 Å². The molecule has 0 radical (unpaired) electrons. The van der Waals surface area contributed by atoms with E-state index in [0.29, 0.717) is 0 Å². The van der Waals surface area contributed by atoms with Crippen molar-refractivity contribution in [2.75, 3.05) is 7.05 Å². The van der Waals surface area contributed by atoms with Crippen molar-refractivity contribution in [2.45, 2.75) is 19.5 Å². The predicted octanol–water partition coefficient (Wildman–Crippen LogP) is 1.92. The molecule has 1 aliphatic heterocycles. The Bertz CT molecular complexity index is 482. The molecule has 0 saturated carbocycles. The molecular weight excluding hydrogens is 172 g/mol. The van der Waals surface area contributed by atoms with Crippen molar-refractivity contribution in [1.82, 2.24) is 9.88 Å². The van der Waals surface area contributed by atoms with Crippen LogP contribution in [0.1, 0.15) is 11.3 Å². The van der Waals surface area contributed by atoms with E-state index < -0.39 is 0 Å². The summed E-state index contributed by atoms with van der Waals surface area (Å²) in [6.45, 7) is 2.12. The van der Waals surface area contributed by atoms with Crippen LogP contribution in [0.2, 0.25) is 0 Å². The van der Waals surface area contributed by atoms with Crippen LogP contribution in [0.15, 0.2) is 24.3 Å². The quantitative estimate of drug-likeness (QED) is 0.758. The molecule has 2 heteroatoms. The molecule has 3 rings (SSSR count). The lowest BCUT2D eigenvalue weighted by Crippen LogP contribution is -2.09. The summed E-state index contributed by atoms with van der Waals surface area (Å²) >= 11 is 0. The number of rotatable bonds is 2. The van der Waals surface area contributed by atoms with Crippen molar-refractivity contribution in [3.05, 3.63) is 35.5 Å². The second-order valence-electron chi connectivity index (χ2n) is 3.92. The Labute approximate surface area is 83.5 Å². The van der Waals surface area contributed by atoms with E-state index in [-0.39, 0.29) is 0 Å². The Morgan fingerprint density at radius 1 is 1.43 bits per heavy atom. The van der Waals surface area contributed by atoms with Gasteiger partial charge in [0.15, 0.2) is 0 Å². The molecule has 2 nitrogen and oxygen atoms in total. The van der Waals surface area contributed by atoms with Crippen molar-refractivity contribution in [3.63, 3.8) is 0 Å². The average Bonchev–Trinajstić information content (AvgIpc) is 2.75. The summed E-state index contributed by atoms with van der Waals surface area (Å²) < 4.78 is 2.45. The third kappa shape index (κ3) is 0.946. The fourth-order valence-corrected chi connectivity index (χ4v) is 2.47. The summed E-state index contributed by atoms with van der Waals surface area (Å²) in [6.07, 6.45) is 1.20. The van der Waals surface area contributed by atoms with E-state index in [2.05, 4.69) is 34.1 Å². The first kappa shape index (κ1) is 8.06.